The van der Waals surface area contributed by atoms with Crippen molar-refractivity contribution in [2.45, 2.75) is 32.4 Å². The van der Waals surface area contributed by atoms with Gasteiger partial charge in [0.1, 0.15) is 5.82 Å². The van der Waals surface area contributed by atoms with Crippen LogP contribution in [0.3, 0.4) is 0 Å². The lowest BCUT2D eigenvalue weighted by Gasteiger charge is -2.30. The van der Waals surface area contributed by atoms with Crippen molar-refractivity contribution in [2.24, 2.45) is 0 Å². The monoisotopic (exact) mass is 279 g/mol. The average molecular weight is 279 g/mol. The van der Waals surface area contributed by atoms with Crippen LogP contribution in [0, 0.1) is 5.82 Å². The van der Waals surface area contributed by atoms with Gasteiger partial charge >= 0.3 is 0 Å². The third-order valence-corrected chi connectivity index (χ3v) is 4.25. The van der Waals surface area contributed by atoms with E-state index in [1.807, 2.05) is 13.1 Å². The Kier molecular flexibility index (Phi) is 5.38. The zero-order valence-corrected chi connectivity index (χ0v) is 12.8. The van der Waals surface area contributed by atoms with Crippen LogP contribution in [-0.4, -0.2) is 44.7 Å². The van der Waals surface area contributed by atoms with Gasteiger partial charge in [0.15, 0.2) is 0 Å². The van der Waals surface area contributed by atoms with E-state index < -0.39 is 0 Å². The van der Waals surface area contributed by atoms with Crippen molar-refractivity contribution in [3.63, 3.8) is 0 Å². The van der Waals surface area contributed by atoms with Crippen molar-refractivity contribution >= 4 is 5.69 Å². The molecule has 1 unspecified atom stereocenters. The normalized spacial score (nSPS) is 19.5. The molecule has 1 aromatic rings. The standard InChI is InChI=1S/C16H26FN3/c1-4-20-10-6-7-13(20)12-19(3)16-9-5-8-15(17)14(16)11-18-2/h5,8-9,13,18H,4,6-7,10-12H2,1-3H3. The lowest BCUT2D eigenvalue weighted by molar-refractivity contribution is 0.270. The van der Waals surface area contributed by atoms with Crippen LogP contribution in [0.4, 0.5) is 10.1 Å². The summed E-state index contributed by atoms with van der Waals surface area (Å²) in [7, 11) is 3.92. The Morgan fingerprint density at radius 1 is 1.45 bits per heavy atom. The molecule has 0 aliphatic carbocycles. The maximum Gasteiger partial charge on any atom is 0.129 e. The minimum absolute atomic E-state index is 0.123. The highest BCUT2D eigenvalue weighted by atomic mass is 19.1. The van der Waals surface area contributed by atoms with E-state index in [9.17, 15) is 4.39 Å². The van der Waals surface area contributed by atoms with Crippen LogP contribution < -0.4 is 10.2 Å². The molecule has 2 rings (SSSR count). The van der Waals surface area contributed by atoms with Gasteiger partial charge in [-0.25, -0.2) is 4.39 Å². The molecule has 0 spiro atoms. The maximum absolute atomic E-state index is 14.0. The topological polar surface area (TPSA) is 18.5 Å². The Hall–Kier alpha value is -1.13. The maximum atomic E-state index is 14.0. The predicted molar refractivity (Wildman–Crippen MR) is 82.7 cm³/mol. The van der Waals surface area contributed by atoms with E-state index in [0.717, 1.165) is 24.3 Å². The average Bonchev–Trinajstić information content (AvgIpc) is 2.88. The molecule has 0 radical (unpaired) electrons. The fourth-order valence-corrected chi connectivity index (χ4v) is 3.19. The van der Waals surface area contributed by atoms with Gasteiger partial charge in [0.05, 0.1) is 0 Å². The first-order valence-electron chi connectivity index (χ1n) is 7.54. The summed E-state index contributed by atoms with van der Waals surface area (Å²) in [5.74, 6) is -0.123. The SMILES string of the molecule is CCN1CCCC1CN(C)c1cccc(F)c1CNC. The third kappa shape index (κ3) is 3.30. The van der Waals surface area contributed by atoms with Gasteiger partial charge in [-0.2, -0.15) is 0 Å². The molecular formula is C16H26FN3. The summed E-state index contributed by atoms with van der Waals surface area (Å²) in [6.07, 6.45) is 2.52. The third-order valence-electron chi connectivity index (χ3n) is 4.25. The number of hydrogen-bond donors (Lipinski definition) is 1. The van der Waals surface area contributed by atoms with E-state index in [1.165, 1.54) is 25.5 Å². The Morgan fingerprint density at radius 2 is 2.25 bits per heavy atom. The van der Waals surface area contributed by atoms with E-state index >= 15 is 0 Å². The molecule has 1 saturated heterocycles. The molecule has 3 nitrogen and oxygen atoms in total. The Balaban J connectivity index is 2.12. The van der Waals surface area contributed by atoms with Crippen LogP contribution in [0.1, 0.15) is 25.3 Å². The number of likely N-dealkylation sites (tertiary alicyclic amines) is 1. The van der Waals surface area contributed by atoms with Gasteiger partial charge < -0.3 is 10.2 Å². The molecule has 0 aromatic heterocycles. The highest BCUT2D eigenvalue weighted by Gasteiger charge is 2.25. The highest BCUT2D eigenvalue weighted by molar-refractivity contribution is 5.53. The fraction of sp³-hybridized carbons (Fsp3) is 0.625. The van der Waals surface area contributed by atoms with Crippen molar-refractivity contribution in [3.8, 4) is 0 Å². The quantitative estimate of drug-likeness (QED) is 0.863. The van der Waals surface area contributed by atoms with Gasteiger partial charge in [-0.1, -0.05) is 13.0 Å². The summed E-state index contributed by atoms with van der Waals surface area (Å²) in [4.78, 5) is 4.72. The smallest absolute Gasteiger partial charge is 0.129 e. The molecule has 1 aliphatic rings. The van der Waals surface area contributed by atoms with E-state index in [4.69, 9.17) is 0 Å². The van der Waals surface area contributed by atoms with Crippen molar-refractivity contribution < 1.29 is 4.39 Å². The van der Waals surface area contributed by atoms with Gasteiger partial charge in [0.2, 0.25) is 0 Å². The molecule has 4 heteroatoms. The summed E-state index contributed by atoms with van der Waals surface area (Å²) in [5, 5.41) is 3.06. The number of hydrogen-bond acceptors (Lipinski definition) is 3. The van der Waals surface area contributed by atoms with Gasteiger partial charge in [-0.15, -0.1) is 0 Å². The van der Waals surface area contributed by atoms with Crippen LogP contribution in [0.2, 0.25) is 0 Å². The summed E-state index contributed by atoms with van der Waals surface area (Å²) >= 11 is 0. The van der Waals surface area contributed by atoms with Crippen molar-refractivity contribution in [1.82, 2.24) is 10.2 Å². The highest BCUT2D eigenvalue weighted by Crippen LogP contribution is 2.25. The lowest BCUT2D eigenvalue weighted by Crippen LogP contribution is -2.39. The second-order valence-corrected chi connectivity index (χ2v) is 5.57. The van der Waals surface area contributed by atoms with Crippen molar-refractivity contribution in [3.05, 3.63) is 29.6 Å². The first-order chi connectivity index (χ1) is 9.67. The summed E-state index contributed by atoms with van der Waals surface area (Å²) in [5.41, 5.74) is 1.76. The lowest BCUT2D eigenvalue weighted by atomic mass is 10.1. The van der Waals surface area contributed by atoms with E-state index in [1.54, 1.807) is 6.07 Å². The minimum Gasteiger partial charge on any atom is -0.373 e. The number of nitrogens with zero attached hydrogens (tertiary/aromatic N) is 2. The number of likely N-dealkylation sites (N-methyl/N-ethyl adjacent to an activating group) is 2. The van der Waals surface area contributed by atoms with Crippen LogP contribution in [0.15, 0.2) is 18.2 Å². The molecule has 1 aliphatic heterocycles. The zero-order chi connectivity index (χ0) is 14.5. The summed E-state index contributed by atoms with van der Waals surface area (Å²) in [6, 6.07) is 5.95. The Bertz CT molecular complexity index is 436. The number of rotatable bonds is 6. The Morgan fingerprint density at radius 3 is 2.95 bits per heavy atom. The van der Waals surface area contributed by atoms with Crippen LogP contribution in [0.5, 0.6) is 0 Å². The number of nitrogens with one attached hydrogen (secondary N) is 1. The number of benzene rings is 1. The van der Waals surface area contributed by atoms with Crippen molar-refractivity contribution in [1.29, 1.82) is 0 Å². The zero-order valence-electron chi connectivity index (χ0n) is 12.8. The van der Waals surface area contributed by atoms with E-state index in [0.29, 0.717) is 12.6 Å². The van der Waals surface area contributed by atoms with Gasteiger partial charge in [-0.05, 0) is 45.1 Å². The van der Waals surface area contributed by atoms with Crippen LogP contribution in [0.25, 0.3) is 0 Å². The molecule has 0 bridgehead atoms. The molecule has 20 heavy (non-hydrogen) atoms. The second-order valence-electron chi connectivity index (χ2n) is 5.57. The first kappa shape index (κ1) is 15.3. The molecule has 1 fully saturated rings. The molecule has 0 saturated carbocycles. The molecule has 1 atom stereocenters. The summed E-state index contributed by atoms with van der Waals surface area (Å²) in [6.45, 7) is 6.04. The molecule has 0 amide bonds. The number of anilines is 1. The molecule has 1 aromatic carbocycles. The predicted octanol–water partition coefficient (Wildman–Crippen LogP) is 2.47. The van der Waals surface area contributed by atoms with E-state index in [-0.39, 0.29) is 5.82 Å². The van der Waals surface area contributed by atoms with Crippen LogP contribution in [-0.2, 0) is 6.54 Å². The largest absolute Gasteiger partial charge is 0.373 e. The fourth-order valence-electron chi connectivity index (χ4n) is 3.19. The summed E-state index contributed by atoms with van der Waals surface area (Å²) < 4.78 is 14.0. The van der Waals surface area contributed by atoms with Gasteiger partial charge in [0, 0.05) is 37.4 Å². The van der Waals surface area contributed by atoms with Gasteiger partial charge in [0.25, 0.3) is 0 Å². The second kappa shape index (κ2) is 7.04. The van der Waals surface area contributed by atoms with Crippen LogP contribution >= 0.6 is 0 Å². The van der Waals surface area contributed by atoms with Crippen molar-refractivity contribution in [2.75, 3.05) is 38.6 Å². The number of halogens is 1. The van der Waals surface area contributed by atoms with E-state index in [2.05, 4.69) is 29.1 Å². The van der Waals surface area contributed by atoms with Gasteiger partial charge in [-0.3, -0.25) is 4.90 Å². The molecule has 112 valence electrons. The molecule has 1 heterocycles. The minimum atomic E-state index is -0.123. The first-order valence-corrected chi connectivity index (χ1v) is 7.54. The molecule has 1 N–H and O–H groups in total. The molecular weight excluding hydrogens is 253 g/mol. The Labute approximate surface area is 121 Å².